The van der Waals surface area contributed by atoms with E-state index in [1.165, 1.54) is 0 Å². The average molecular weight is 510 g/mol. The van der Waals surface area contributed by atoms with Crippen LogP contribution in [0.3, 0.4) is 0 Å². The Hall–Kier alpha value is -2.63. The summed E-state index contributed by atoms with van der Waals surface area (Å²) in [5, 5.41) is 17.2. The molecule has 8 N–H and O–H groups in total. The summed E-state index contributed by atoms with van der Waals surface area (Å²) < 4.78 is 0. The number of carbonyl (C=O) groups is 4. The van der Waals surface area contributed by atoms with Gasteiger partial charge in [-0.15, -0.1) is 0 Å². The maximum atomic E-state index is 13.0. The van der Waals surface area contributed by atoms with E-state index in [0.29, 0.717) is 38.6 Å². The van der Waals surface area contributed by atoms with Crippen LogP contribution >= 0.6 is 12.6 Å². The number of nitrogens with one attached hydrogen (secondary N) is 3. The van der Waals surface area contributed by atoms with Crippen LogP contribution in [0.1, 0.15) is 45.1 Å². The molecule has 5 atom stereocenters. The smallest absolute Gasteiger partial charge is 0.326 e. The fourth-order valence-electron chi connectivity index (χ4n) is 3.40. The maximum Gasteiger partial charge on any atom is 0.326 e. The minimum Gasteiger partial charge on any atom is -0.480 e. The summed E-state index contributed by atoms with van der Waals surface area (Å²) in [4.78, 5) is 50.0. The molecule has 5 unspecified atom stereocenters. The first-order valence-electron chi connectivity index (χ1n) is 11.9. The fraction of sp³-hybridized carbons (Fsp3) is 0.583. The normalized spacial score (nSPS) is 15.2. The molecule has 10 nitrogen and oxygen atoms in total. The van der Waals surface area contributed by atoms with Gasteiger partial charge in [0.1, 0.15) is 18.1 Å². The number of carbonyl (C=O) groups excluding carboxylic acids is 3. The molecule has 196 valence electrons. The second-order valence-corrected chi connectivity index (χ2v) is 8.96. The van der Waals surface area contributed by atoms with Crippen molar-refractivity contribution in [2.75, 3.05) is 12.3 Å². The lowest BCUT2D eigenvalue weighted by atomic mass is 9.99. The van der Waals surface area contributed by atoms with Gasteiger partial charge in [0, 0.05) is 5.75 Å². The van der Waals surface area contributed by atoms with E-state index in [1.807, 2.05) is 37.3 Å². The van der Waals surface area contributed by atoms with E-state index in [0.717, 1.165) is 5.56 Å². The molecule has 0 radical (unpaired) electrons. The summed E-state index contributed by atoms with van der Waals surface area (Å²) in [5.74, 6) is -3.24. The summed E-state index contributed by atoms with van der Waals surface area (Å²) >= 11 is 4.14. The zero-order valence-electron chi connectivity index (χ0n) is 20.4. The number of hydrogen-bond donors (Lipinski definition) is 7. The molecular weight excluding hydrogens is 470 g/mol. The summed E-state index contributed by atoms with van der Waals surface area (Å²) in [7, 11) is 0. The van der Waals surface area contributed by atoms with Gasteiger partial charge in [-0.1, -0.05) is 50.6 Å². The third-order valence-corrected chi connectivity index (χ3v) is 6.17. The highest BCUT2D eigenvalue weighted by Crippen LogP contribution is 2.09. The van der Waals surface area contributed by atoms with E-state index >= 15 is 0 Å². The van der Waals surface area contributed by atoms with Crippen molar-refractivity contribution >= 4 is 36.3 Å². The Labute approximate surface area is 212 Å². The lowest BCUT2D eigenvalue weighted by molar-refractivity contribution is -0.143. The molecule has 11 heteroatoms. The van der Waals surface area contributed by atoms with Crippen LogP contribution < -0.4 is 27.4 Å². The molecule has 0 fully saturated rings. The molecule has 0 aromatic heterocycles. The second kappa shape index (κ2) is 16.1. The van der Waals surface area contributed by atoms with Crippen LogP contribution in [0.2, 0.25) is 0 Å². The predicted octanol–water partition coefficient (Wildman–Crippen LogP) is 0.200. The van der Waals surface area contributed by atoms with E-state index < -0.39 is 47.9 Å². The number of thiol groups is 1. The molecule has 0 spiro atoms. The third kappa shape index (κ3) is 10.7. The fourth-order valence-corrected chi connectivity index (χ4v) is 3.66. The number of rotatable bonds is 16. The van der Waals surface area contributed by atoms with Gasteiger partial charge in [0.25, 0.3) is 0 Å². The molecule has 3 amide bonds. The first kappa shape index (κ1) is 30.4. The van der Waals surface area contributed by atoms with Crippen molar-refractivity contribution in [2.45, 2.75) is 70.1 Å². The SMILES string of the molecule is CCC(C)C(NC(=O)C(CS)NC(=O)C(CCCCN)NC(=O)C(N)Cc1ccccc1)C(=O)O. The van der Waals surface area contributed by atoms with Crippen LogP contribution in [0.5, 0.6) is 0 Å². The molecule has 0 saturated carbocycles. The molecule has 1 aromatic rings. The number of nitrogens with two attached hydrogens (primary N) is 2. The lowest BCUT2D eigenvalue weighted by Crippen LogP contribution is -2.58. The van der Waals surface area contributed by atoms with Crippen molar-refractivity contribution < 1.29 is 24.3 Å². The number of aliphatic carboxylic acids is 1. The first-order chi connectivity index (χ1) is 16.6. The number of hydrogen-bond acceptors (Lipinski definition) is 7. The number of carboxylic acids is 1. The van der Waals surface area contributed by atoms with Gasteiger partial charge in [-0.3, -0.25) is 14.4 Å². The standard InChI is InChI=1S/C24H39N5O5S/c1-3-15(2)20(24(33)34)29-23(32)19(14-35)28-22(31)18(11-7-8-12-25)27-21(30)17(26)13-16-9-5-4-6-10-16/h4-6,9-10,15,17-20,35H,3,7-8,11-14,25-26H2,1-2H3,(H,27,30)(H,28,31)(H,29,32)(H,33,34). The average Bonchev–Trinajstić information content (AvgIpc) is 2.84. The molecule has 0 aliphatic rings. The van der Waals surface area contributed by atoms with Gasteiger partial charge in [0.05, 0.1) is 6.04 Å². The monoisotopic (exact) mass is 509 g/mol. The maximum absolute atomic E-state index is 13.0. The Morgan fingerprint density at radius 2 is 1.57 bits per heavy atom. The zero-order valence-corrected chi connectivity index (χ0v) is 21.3. The molecule has 0 saturated heterocycles. The van der Waals surface area contributed by atoms with Gasteiger partial charge in [-0.05, 0) is 43.7 Å². The minimum atomic E-state index is -1.16. The Kier molecular flexibility index (Phi) is 14.0. The van der Waals surface area contributed by atoms with E-state index in [9.17, 15) is 24.3 Å². The van der Waals surface area contributed by atoms with E-state index in [4.69, 9.17) is 11.5 Å². The van der Waals surface area contributed by atoms with Gasteiger partial charge < -0.3 is 32.5 Å². The highest BCUT2D eigenvalue weighted by molar-refractivity contribution is 7.80. The Morgan fingerprint density at radius 3 is 2.11 bits per heavy atom. The topological polar surface area (TPSA) is 177 Å². The Morgan fingerprint density at radius 1 is 0.971 bits per heavy atom. The summed E-state index contributed by atoms with van der Waals surface area (Å²) in [6.07, 6.45) is 2.39. The van der Waals surface area contributed by atoms with Crippen molar-refractivity contribution in [3.05, 3.63) is 35.9 Å². The highest BCUT2D eigenvalue weighted by Gasteiger charge is 2.31. The van der Waals surface area contributed by atoms with E-state index in [-0.39, 0.29) is 11.7 Å². The van der Waals surface area contributed by atoms with Crippen molar-refractivity contribution in [1.29, 1.82) is 0 Å². The highest BCUT2D eigenvalue weighted by atomic mass is 32.1. The molecule has 0 aliphatic heterocycles. The van der Waals surface area contributed by atoms with Gasteiger partial charge in [-0.25, -0.2) is 4.79 Å². The van der Waals surface area contributed by atoms with Crippen LogP contribution in [-0.2, 0) is 25.6 Å². The van der Waals surface area contributed by atoms with E-state index in [1.54, 1.807) is 6.92 Å². The molecule has 0 bridgehead atoms. The van der Waals surface area contributed by atoms with Gasteiger partial charge in [0.15, 0.2) is 0 Å². The molecule has 35 heavy (non-hydrogen) atoms. The van der Waals surface area contributed by atoms with Crippen molar-refractivity contribution in [3.63, 3.8) is 0 Å². The number of amides is 3. The summed E-state index contributed by atoms with van der Waals surface area (Å²) in [6.45, 7) is 3.97. The first-order valence-corrected chi connectivity index (χ1v) is 12.5. The Balaban J connectivity index is 2.86. The van der Waals surface area contributed by atoms with E-state index in [2.05, 4.69) is 28.6 Å². The van der Waals surface area contributed by atoms with Crippen molar-refractivity contribution in [2.24, 2.45) is 17.4 Å². The van der Waals surface area contributed by atoms with Crippen LogP contribution in [0.25, 0.3) is 0 Å². The number of carboxylic acid groups (broad SMARTS) is 1. The van der Waals surface area contributed by atoms with Gasteiger partial charge in [-0.2, -0.15) is 12.6 Å². The summed E-state index contributed by atoms with van der Waals surface area (Å²) in [5.41, 5.74) is 12.5. The van der Waals surface area contributed by atoms with Gasteiger partial charge in [0.2, 0.25) is 17.7 Å². The molecule has 1 aromatic carbocycles. The minimum absolute atomic E-state index is 0.0542. The van der Waals surface area contributed by atoms with Crippen molar-refractivity contribution in [3.8, 4) is 0 Å². The third-order valence-electron chi connectivity index (χ3n) is 5.81. The molecule has 1 rings (SSSR count). The summed E-state index contributed by atoms with van der Waals surface area (Å²) in [6, 6.07) is 5.31. The van der Waals surface area contributed by atoms with Crippen LogP contribution in [0, 0.1) is 5.92 Å². The predicted molar refractivity (Wildman–Crippen MR) is 138 cm³/mol. The van der Waals surface area contributed by atoms with Crippen molar-refractivity contribution in [1.82, 2.24) is 16.0 Å². The van der Waals surface area contributed by atoms with Gasteiger partial charge >= 0.3 is 5.97 Å². The lowest BCUT2D eigenvalue weighted by Gasteiger charge is -2.26. The molecular formula is C24H39N5O5S. The number of benzene rings is 1. The molecule has 0 heterocycles. The molecule has 0 aliphatic carbocycles. The zero-order chi connectivity index (χ0) is 26.4. The number of unbranched alkanes of at least 4 members (excludes halogenated alkanes) is 1. The Bertz CT molecular complexity index is 826. The second-order valence-electron chi connectivity index (χ2n) is 8.60. The largest absolute Gasteiger partial charge is 0.480 e. The van der Waals surface area contributed by atoms with Crippen LogP contribution in [-0.4, -0.2) is 65.3 Å². The quantitative estimate of drug-likeness (QED) is 0.123. The van der Waals surface area contributed by atoms with Crippen LogP contribution in [0.15, 0.2) is 30.3 Å². The van der Waals surface area contributed by atoms with Crippen LogP contribution in [0.4, 0.5) is 0 Å².